The Bertz CT molecular complexity index is 616. The summed E-state index contributed by atoms with van der Waals surface area (Å²) in [6.07, 6.45) is 2.16. The SMILES string of the molecule is CCc1cc(C)cc(CC)c1CC(=O)N1CC(C)OCCC1C(=O)O. The van der Waals surface area contributed by atoms with E-state index in [1.54, 1.807) is 0 Å². The first-order chi connectivity index (χ1) is 11.9. The van der Waals surface area contributed by atoms with Crippen molar-refractivity contribution < 1.29 is 19.4 Å². The molecule has 0 radical (unpaired) electrons. The number of carbonyl (C=O) groups is 2. The number of aliphatic carboxylic acids is 1. The molecule has 2 unspecified atom stereocenters. The van der Waals surface area contributed by atoms with Crippen LogP contribution in [0.1, 0.15) is 49.4 Å². The van der Waals surface area contributed by atoms with Crippen LogP contribution >= 0.6 is 0 Å². The summed E-state index contributed by atoms with van der Waals surface area (Å²) >= 11 is 0. The molecule has 1 aliphatic rings. The molecule has 1 aromatic rings. The first kappa shape index (κ1) is 19.4. The fourth-order valence-electron chi connectivity index (χ4n) is 3.61. The lowest BCUT2D eigenvalue weighted by atomic mass is 9.92. The highest BCUT2D eigenvalue weighted by atomic mass is 16.5. The number of hydrogen-bond acceptors (Lipinski definition) is 3. The van der Waals surface area contributed by atoms with Crippen molar-refractivity contribution in [1.82, 2.24) is 4.90 Å². The smallest absolute Gasteiger partial charge is 0.326 e. The van der Waals surface area contributed by atoms with Crippen molar-refractivity contribution >= 4 is 11.9 Å². The first-order valence-corrected chi connectivity index (χ1v) is 9.12. The summed E-state index contributed by atoms with van der Waals surface area (Å²) in [6, 6.07) is 3.45. The monoisotopic (exact) mass is 347 g/mol. The first-order valence-electron chi connectivity index (χ1n) is 9.12. The maximum Gasteiger partial charge on any atom is 0.326 e. The fourth-order valence-corrected chi connectivity index (χ4v) is 3.61. The summed E-state index contributed by atoms with van der Waals surface area (Å²) in [5.74, 6) is -1.08. The molecule has 1 aliphatic heterocycles. The van der Waals surface area contributed by atoms with E-state index in [9.17, 15) is 14.7 Å². The number of rotatable bonds is 5. The second kappa shape index (κ2) is 8.48. The van der Waals surface area contributed by atoms with Gasteiger partial charge in [0.25, 0.3) is 0 Å². The fraction of sp³-hybridized carbons (Fsp3) is 0.600. The molecule has 0 saturated carbocycles. The number of hydrogen-bond donors (Lipinski definition) is 1. The standard InChI is InChI=1S/C20H29NO4/c1-5-15-9-13(3)10-16(6-2)17(15)11-19(22)21-12-14(4)25-8-7-18(21)20(23)24/h9-10,14,18H,5-8,11-12H2,1-4H3,(H,23,24). The largest absolute Gasteiger partial charge is 0.480 e. The van der Waals surface area contributed by atoms with E-state index in [1.807, 2.05) is 6.92 Å². The Hall–Kier alpha value is -1.88. The second-order valence-electron chi connectivity index (χ2n) is 6.82. The molecule has 138 valence electrons. The normalized spacial score (nSPS) is 21.0. The van der Waals surface area contributed by atoms with Crippen molar-refractivity contribution in [2.24, 2.45) is 0 Å². The molecule has 1 amide bonds. The summed E-state index contributed by atoms with van der Waals surface area (Å²) < 4.78 is 5.56. The molecule has 2 rings (SSSR count). The third-order valence-corrected chi connectivity index (χ3v) is 4.90. The summed E-state index contributed by atoms with van der Waals surface area (Å²) in [4.78, 5) is 26.1. The third kappa shape index (κ3) is 4.60. The molecule has 0 spiro atoms. The van der Waals surface area contributed by atoms with E-state index in [1.165, 1.54) is 21.6 Å². The molecule has 1 N–H and O–H groups in total. The Morgan fingerprint density at radius 2 is 1.84 bits per heavy atom. The van der Waals surface area contributed by atoms with Crippen LogP contribution in [0.3, 0.4) is 0 Å². The maximum absolute atomic E-state index is 13.0. The van der Waals surface area contributed by atoms with Crippen LogP contribution < -0.4 is 0 Å². The average Bonchev–Trinajstić information content (AvgIpc) is 2.77. The van der Waals surface area contributed by atoms with Gasteiger partial charge in [0.1, 0.15) is 6.04 Å². The molecular weight excluding hydrogens is 318 g/mol. The van der Waals surface area contributed by atoms with E-state index < -0.39 is 12.0 Å². The molecule has 2 atom stereocenters. The number of ether oxygens (including phenoxy) is 1. The van der Waals surface area contributed by atoms with Crippen molar-refractivity contribution in [3.63, 3.8) is 0 Å². The van der Waals surface area contributed by atoms with Crippen molar-refractivity contribution in [3.8, 4) is 0 Å². The summed E-state index contributed by atoms with van der Waals surface area (Å²) in [5.41, 5.74) is 4.61. The molecule has 5 nitrogen and oxygen atoms in total. The third-order valence-electron chi connectivity index (χ3n) is 4.90. The minimum atomic E-state index is -0.957. The summed E-state index contributed by atoms with van der Waals surface area (Å²) in [6.45, 7) is 8.81. The molecule has 0 bridgehead atoms. The van der Waals surface area contributed by atoms with E-state index >= 15 is 0 Å². The van der Waals surface area contributed by atoms with Gasteiger partial charge in [0.05, 0.1) is 12.5 Å². The van der Waals surface area contributed by atoms with Crippen molar-refractivity contribution in [1.29, 1.82) is 0 Å². The number of carboxylic acid groups (broad SMARTS) is 1. The topological polar surface area (TPSA) is 66.8 Å². The van der Waals surface area contributed by atoms with Gasteiger partial charge in [0, 0.05) is 19.6 Å². The van der Waals surface area contributed by atoms with Crippen LogP contribution in [0.4, 0.5) is 0 Å². The van der Waals surface area contributed by atoms with Crippen LogP contribution in [-0.2, 0) is 33.6 Å². The number of benzene rings is 1. The van der Waals surface area contributed by atoms with Gasteiger partial charge in [-0.05, 0) is 43.4 Å². The zero-order valence-electron chi connectivity index (χ0n) is 15.7. The lowest BCUT2D eigenvalue weighted by molar-refractivity contribution is -0.150. The molecule has 1 saturated heterocycles. The van der Waals surface area contributed by atoms with Gasteiger partial charge >= 0.3 is 5.97 Å². The van der Waals surface area contributed by atoms with Crippen LogP contribution in [0.15, 0.2) is 12.1 Å². The predicted octanol–water partition coefficient (Wildman–Crippen LogP) is 2.75. The van der Waals surface area contributed by atoms with Crippen LogP contribution in [0.5, 0.6) is 0 Å². The van der Waals surface area contributed by atoms with Crippen LogP contribution in [0.2, 0.25) is 0 Å². The number of carboxylic acids is 1. The minimum absolute atomic E-state index is 0.127. The Kier molecular flexibility index (Phi) is 6.59. The lowest BCUT2D eigenvalue weighted by Crippen LogP contribution is -2.47. The maximum atomic E-state index is 13.0. The van der Waals surface area contributed by atoms with Gasteiger partial charge in [-0.15, -0.1) is 0 Å². The van der Waals surface area contributed by atoms with Crippen LogP contribution in [0.25, 0.3) is 0 Å². The van der Waals surface area contributed by atoms with Crippen molar-refractivity contribution in [2.45, 2.75) is 65.5 Å². The minimum Gasteiger partial charge on any atom is -0.480 e. The Morgan fingerprint density at radius 3 is 2.36 bits per heavy atom. The van der Waals surface area contributed by atoms with Crippen LogP contribution in [0, 0.1) is 6.92 Å². The van der Waals surface area contributed by atoms with Gasteiger partial charge < -0.3 is 14.7 Å². The average molecular weight is 347 g/mol. The number of nitrogens with zero attached hydrogens (tertiary/aromatic N) is 1. The second-order valence-corrected chi connectivity index (χ2v) is 6.82. The van der Waals surface area contributed by atoms with E-state index in [2.05, 4.69) is 32.9 Å². The van der Waals surface area contributed by atoms with E-state index in [4.69, 9.17) is 4.74 Å². The molecule has 1 aromatic carbocycles. The van der Waals surface area contributed by atoms with Gasteiger partial charge in [-0.2, -0.15) is 0 Å². The van der Waals surface area contributed by atoms with Crippen LogP contribution in [-0.4, -0.2) is 47.2 Å². The molecule has 5 heteroatoms. The van der Waals surface area contributed by atoms with Crippen molar-refractivity contribution in [2.75, 3.05) is 13.2 Å². The highest BCUT2D eigenvalue weighted by Gasteiger charge is 2.33. The summed E-state index contributed by atoms with van der Waals surface area (Å²) in [5, 5.41) is 9.52. The van der Waals surface area contributed by atoms with E-state index in [0.29, 0.717) is 19.6 Å². The summed E-state index contributed by atoms with van der Waals surface area (Å²) in [7, 11) is 0. The van der Waals surface area contributed by atoms with E-state index in [0.717, 1.165) is 18.4 Å². The Balaban J connectivity index is 2.32. The quantitative estimate of drug-likeness (QED) is 0.889. The number of carbonyl (C=O) groups excluding carboxylic acids is 1. The van der Waals surface area contributed by atoms with Gasteiger partial charge in [-0.3, -0.25) is 4.79 Å². The molecule has 0 aliphatic carbocycles. The lowest BCUT2D eigenvalue weighted by Gasteiger charge is -2.28. The molecule has 1 heterocycles. The zero-order valence-corrected chi connectivity index (χ0v) is 15.7. The Morgan fingerprint density at radius 1 is 1.24 bits per heavy atom. The number of aryl methyl sites for hydroxylation is 3. The van der Waals surface area contributed by atoms with Crippen molar-refractivity contribution in [3.05, 3.63) is 34.4 Å². The van der Waals surface area contributed by atoms with Gasteiger partial charge in [-0.1, -0.05) is 31.5 Å². The molecule has 25 heavy (non-hydrogen) atoms. The van der Waals surface area contributed by atoms with Gasteiger partial charge in [0.15, 0.2) is 0 Å². The molecular formula is C20H29NO4. The predicted molar refractivity (Wildman–Crippen MR) is 96.8 cm³/mol. The highest BCUT2D eigenvalue weighted by molar-refractivity contribution is 5.85. The van der Waals surface area contributed by atoms with E-state index in [-0.39, 0.29) is 18.4 Å². The molecule has 1 fully saturated rings. The molecule has 0 aromatic heterocycles. The van der Waals surface area contributed by atoms with Gasteiger partial charge in [0.2, 0.25) is 5.91 Å². The number of amides is 1. The van der Waals surface area contributed by atoms with Gasteiger partial charge in [-0.25, -0.2) is 4.79 Å². The highest BCUT2D eigenvalue weighted by Crippen LogP contribution is 2.22. The Labute approximate surface area is 150 Å². The zero-order chi connectivity index (χ0) is 18.6.